The second-order valence-corrected chi connectivity index (χ2v) is 13.1. The smallest absolute Gasteiger partial charge is 0.165 e. The van der Waals surface area contributed by atoms with Gasteiger partial charge in [0.25, 0.3) is 0 Å². The number of nitrogens with zero attached hydrogens (tertiary/aromatic N) is 3. The minimum Gasteiger partial charge on any atom is -0.292 e. The third kappa shape index (κ3) is 5.15. The van der Waals surface area contributed by atoms with Crippen LogP contribution >= 0.6 is 0 Å². The molecule has 0 unspecified atom stereocenters. The molecule has 0 aliphatic rings. The van der Waals surface area contributed by atoms with Crippen LogP contribution in [0.5, 0.6) is 0 Å². The van der Waals surface area contributed by atoms with Gasteiger partial charge in [-0.05, 0) is 116 Å². The summed E-state index contributed by atoms with van der Waals surface area (Å²) in [5, 5.41) is 3.45. The standard InChI is InChI=1S/C48H31N3/c1-4-12-32(13-5-1)35-20-21-37-30-42(24-22-36(37)26-35)51-46-31-38(23-25-43(46)47-48(51)50-45-19-11-10-18-44(45)49-47)41-28-39(33-14-6-2-7-15-33)27-40(29-41)34-16-8-3-9-17-34/h1-31H. The van der Waals surface area contributed by atoms with E-state index in [1.54, 1.807) is 0 Å². The van der Waals surface area contributed by atoms with Gasteiger partial charge in [0.05, 0.1) is 16.6 Å². The van der Waals surface area contributed by atoms with Crippen molar-refractivity contribution < 1.29 is 0 Å². The molecule has 0 amide bonds. The van der Waals surface area contributed by atoms with Crippen molar-refractivity contribution in [1.82, 2.24) is 14.5 Å². The van der Waals surface area contributed by atoms with E-state index in [4.69, 9.17) is 9.97 Å². The van der Waals surface area contributed by atoms with Gasteiger partial charge in [-0.25, -0.2) is 9.97 Å². The number of hydrogen-bond acceptors (Lipinski definition) is 2. The lowest BCUT2D eigenvalue weighted by molar-refractivity contribution is 1.14. The highest BCUT2D eigenvalue weighted by Gasteiger charge is 2.18. The van der Waals surface area contributed by atoms with Crippen LogP contribution in [0.15, 0.2) is 188 Å². The van der Waals surface area contributed by atoms with Gasteiger partial charge in [0.2, 0.25) is 0 Å². The number of benzene rings is 8. The molecule has 0 aliphatic carbocycles. The molecule has 0 bridgehead atoms. The second-order valence-electron chi connectivity index (χ2n) is 13.1. The van der Waals surface area contributed by atoms with Crippen molar-refractivity contribution in [2.75, 3.05) is 0 Å². The normalized spacial score (nSPS) is 11.5. The average molecular weight is 650 g/mol. The van der Waals surface area contributed by atoms with Crippen molar-refractivity contribution in [2.24, 2.45) is 0 Å². The van der Waals surface area contributed by atoms with Gasteiger partial charge in [-0.15, -0.1) is 0 Å². The molecule has 8 aromatic carbocycles. The highest BCUT2D eigenvalue weighted by atomic mass is 15.1. The van der Waals surface area contributed by atoms with Gasteiger partial charge in [0.15, 0.2) is 5.65 Å². The molecule has 0 aliphatic heterocycles. The van der Waals surface area contributed by atoms with Gasteiger partial charge in [-0.3, -0.25) is 4.57 Å². The summed E-state index contributed by atoms with van der Waals surface area (Å²) < 4.78 is 2.29. The van der Waals surface area contributed by atoms with E-state index in [1.807, 2.05) is 24.3 Å². The SMILES string of the molecule is c1ccc(-c2cc(-c3ccccc3)cc(-c3ccc4c5nc6ccccc6nc5n(-c5ccc6cc(-c7ccccc7)ccc6c5)c4c3)c2)cc1. The van der Waals surface area contributed by atoms with Crippen molar-refractivity contribution in [3.8, 4) is 50.2 Å². The zero-order valence-electron chi connectivity index (χ0n) is 27.7. The molecule has 10 aromatic rings. The Morgan fingerprint density at radius 3 is 1.47 bits per heavy atom. The quantitative estimate of drug-likeness (QED) is 0.186. The summed E-state index contributed by atoms with van der Waals surface area (Å²) >= 11 is 0. The molecule has 0 atom stereocenters. The van der Waals surface area contributed by atoms with E-state index in [2.05, 4.69) is 168 Å². The van der Waals surface area contributed by atoms with Gasteiger partial charge in [-0.1, -0.05) is 127 Å². The van der Waals surface area contributed by atoms with Gasteiger partial charge >= 0.3 is 0 Å². The number of para-hydroxylation sites is 2. The molecule has 3 nitrogen and oxygen atoms in total. The molecule has 10 rings (SSSR count). The Morgan fingerprint density at radius 1 is 0.333 bits per heavy atom. The molecule has 0 spiro atoms. The minimum absolute atomic E-state index is 0.851. The minimum atomic E-state index is 0.851. The van der Waals surface area contributed by atoms with E-state index in [0.717, 1.165) is 49.9 Å². The van der Waals surface area contributed by atoms with Crippen molar-refractivity contribution in [2.45, 2.75) is 0 Å². The molecular weight excluding hydrogens is 619 g/mol. The Morgan fingerprint density at radius 2 is 0.824 bits per heavy atom. The zero-order chi connectivity index (χ0) is 33.7. The lowest BCUT2D eigenvalue weighted by Crippen LogP contribution is -1.97. The Balaban J connectivity index is 1.20. The van der Waals surface area contributed by atoms with E-state index in [1.165, 1.54) is 44.2 Å². The Labute approximate surface area is 295 Å². The Kier molecular flexibility index (Phi) is 6.81. The first kappa shape index (κ1) is 29.1. The second kappa shape index (κ2) is 11.9. The predicted octanol–water partition coefficient (Wildman–Crippen LogP) is 12.5. The van der Waals surface area contributed by atoms with Gasteiger partial charge in [0.1, 0.15) is 5.52 Å². The van der Waals surface area contributed by atoms with Crippen molar-refractivity contribution in [3.05, 3.63) is 188 Å². The zero-order valence-corrected chi connectivity index (χ0v) is 27.7. The van der Waals surface area contributed by atoms with Crippen molar-refractivity contribution in [1.29, 1.82) is 0 Å². The Bertz CT molecular complexity index is 2830. The number of fused-ring (bicyclic) bond motifs is 5. The molecule has 0 saturated heterocycles. The first-order chi connectivity index (χ1) is 25.2. The van der Waals surface area contributed by atoms with Crippen molar-refractivity contribution in [3.63, 3.8) is 0 Å². The molecular formula is C48H31N3. The topological polar surface area (TPSA) is 30.7 Å². The average Bonchev–Trinajstić information content (AvgIpc) is 3.52. The molecule has 0 N–H and O–H groups in total. The fourth-order valence-corrected chi connectivity index (χ4v) is 7.37. The maximum atomic E-state index is 5.24. The molecule has 238 valence electrons. The summed E-state index contributed by atoms with van der Waals surface area (Å²) in [4.78, 5) is 10.4. The third-order valence-corrected chi connectivity index (χ3v) is 9.93. The molecule has 2 aromatic heterocycles. The fourth-order valence-electron chi connectivity index (χ4n) is 7.37. The van der Waals surface area contributed by atoms with Crippen LogP contribution in [0, 0.1) is 0 Å². The summed E-state index contributed by atoms with van der Waals surface area (Å²) in [6.45, 7) is 0. The highest BCUT2D eigenvalue weighted by molar-refractivity contribution is 6.09. The van der Waals surface area contributed by atoms with E-state index in [9.17, 15) is 0 Å². The molecule has 0 saturated carbocycles. The van der Waals surface area contributed by atoms with Gasteiger partial charge in [0, 0.05) is 11.1 Å². The summed E-state index contributed by atoms with van der Waals surface area (Å²) in [6, 6.07) is 67.0. The Hall–Kier alpha value is -6.84. The summed E-state index contributed by atoms with van der Waals surface area (Å²) in [6.07, 6.45) is 0. The largest absolute Gasteiger partial charge is 0.292 e. The van der Waals surface area contributed by atoms with Crippen molar-refractivity contribution >= 4 is 43.9 Å². The van der Waals surface area contributed by atoms with Crippen LogP contribution in [0.25, 0.3) is 94.1 Å². The predicted molar refractivity (Wildman–Crippen MR) is 213 cm³/mol. The van der Waals surface area contributed by atoms with Crippen LogP contribution in [-0.2, 0) is 0 Å². The number of aromatic nitrogens is 3. The van der Waals surface area contributed by atoms with Crippen LogP contribution < -0.4 is 0 Å². The van der Waals surface area contributed by atoms with Crippen LogP contribution in [0.2, 0.25) is 0 Å². The summed E-state index contributed by atoms with van der Waals surface area (Å²) in [5.41, 5.74) is 15.1. The lowest BCUT2D eigenvalue weighted by Gasteiger charge is -2.13. The highest BCUT2D eigenvalue weighted by Crippen LogP contribution is 2.38. The summed E-state index contributed by atoms with van der Waals surface area (Å²) in [5.74, 6) is 0. The van der Waals surface area contributed by atoms with Crippen LogP contribution in [0.1, 0.15) is 0 Å². The monoisotopic (exact) mass is 649 g/mol. The van der Waals surface area contributed by atoms with Gasteiger partial charge < -0.3 is 0 Å². The van der Waals surface area contributed by atoms with Crippen LogP contribution in [0.4, 0.5) is 0 Å². The third-order valence-electron chi connectivity index (χ3n) is 9.93. The van der Waals surface area contributed by atoms with E-state index >= 15 is 0 Å². The molecule has 51 heavy (non-hydrogen) atoms. The van der Waals surface area contributed by atoms with E-state index in [0.29, 0.717) is 0 Å². The molecule has 0 radical (unpaired) electrons. The van der Waals surface area contributed by atoms with Crippen LogP contribution in [0.3, 0.4) is 0 Å². The van der Waals surface area contributed by atoms with Gasteiger partial charge in [-0.2, -0.15) is 0 Å². The first-order valence-corrected chi connectivity index (χ1v) is 17.3. The van der Waals surface area contributed by atoms with E-state index in [-0.39, 0.29) is 0 Å². The number of rotatable bonds is 5. The maximum absolute atomic E-state index is 5.24. The number of hydrogen-bond donors (Lipinski definition) is 0. The molecule has 0 fully saturated rings. The summed E-state index contributed by atoms with van der Waals surface area (Å²) in [7, 11) is 0. The molecule has 3 heteroatoms. The maximum Gasteiger partial charge on any atom is 0.165 e. The molecule has 2 heterocycles. The van der Waals surface area contributed by atoms with Crippen LogP contribution in [-0.4, -0.2) is 14.5 Å². The lowest BCUT2D eigenvalue weighted by atomic mass is 9.93. The van der Waals surface area contributed by atoms with E-state index < -0.39 is 0 Å². The first-order valence-electron chi connectivity index (χ1n) is 17.3. The fraction of sp³-hybridized carbons (Fsp3) is 0.